The smallest absolute Gasteiger partial charge is 0.324 e. The molecule has 0 amide bonds. The first-order valence-corrected chi connectivity index (χ1v) is 2.56. The van der Waals surface area contributed by atoms with E-state index in [2.05, 4.69) is 4.74 Å². The Kier molecular flexibility index (Phi) is 3.19. The minimum absolute atomic E-state index is 0.363. The summed E-state index contributed by atoms with van der Waals surface area (Å²) in [5, 5.41) is 0. The Morgan fingerprint density at radius 3 is 2.50 bits per heavy atom. The predicted molar refractivity (Wildman–Crippen MR) is 29.2 cm³/mol. The Bertz CT molecular complexity index is 80.5. The van der Waals surface area contributed by atoms with Gasteiger partial charge in [0, 0.05) is 0 Å². The molecule has 1 radical (unpaired) electrons. The zero-order valence-corrected chi connectivity index (χ0v) is 5.10. The molecule has 3 nitrogen and oxygen atoms in total. The Hall–Kier alpha value is -0.570. The quantitative estimate of drug-likeness (QED) is 0.484. The fourth-order valence-electron chi connectivity index (χ4n) is 0.267. The highest BCUT2D eigenvalue weighted by Crippen LogP contribution is 1.82. The maximum atomic E-state index is 10.3. The first-order chi connectivity index (χ1) is 3.68. The summed E-state index contributed by atoms with van der Waals surface area (Å²) in [5.74, 6) is -0.451. The molecule has 0 aromatic heterocycles. The topological polar surface area (TPSA) is 50.1 Å². The monoisotopic (exact) mass is 116 g/mol. The van der Waals surface area contributed by atoms with E-state index in [0.717, 1.165) is 0 Å². The summed E-state index contributed by atoms with van der Waals surface area (Å²) in [6.07, 6.45) is 0. The lowest BCUT2D eigenvalue weighted by Gasteiger charge is -2.01. The molecule has 0 spiro atoms. The minimum atomic E-state index is -0.741. The van der Waals surface area contributed by atoms with Crippen LogP contribution in [0.1, 0.15) is 13.8 Å². The van der Waals surface area contributed by atoms with E-state index in [0.29, 0.717) is 6.61 Å². The van der Waals surface area contributed by atoms with E-state index in [9.17, 15) is 4.79 Å². The van der Waals surface area contributed by atoms with Crippen molar-refractivity contribution >= 4 is 5.97 Å². The number of hydrogen-bond acceptors (Lipinski definition) is 2. The number of carbonyl (C=O) groups excluding carboxylic acids is 1. The van der Waals surface area contributed by atoms with E-state index >= 15 is 0 Å². The summed E-state index contributed by atoms with van der Waals surface area (Å²) < 4.78 is 4.48. The van der Waals surface area contributed by atoms with Gasteiger partial charge in [0.05, 0.1) is 6.61 Å². The highest BCUT2D eigenvalue weighted by Gasteiger charge is 2.06. The van der Waals surface area contributed by atoms with Gasteiger partial charge in [0.15, 0.2) is 0 Å². The third-order valence-electron chi connectivity index (χ3n) is 0.640. The molecule has 0 aliphatic rings. The highest BCUT2D eigenvalue weighted by atomic mass is 16.5. The fraction of sp³-hybridized carbons (Fsp3) is 0.800. The normalized spacial score (nSPS) is 12.9. The van der Waals surface area contributed by atoms with Gasteiger partial charge in [-0.25, -0.2) is 5.73 Å². The second-order valence-electron chi connectivity index (χ2n) is 1.47. The van der Waals surface area contributed by atoms with E-state index in [1.54, 1.807) is 6.92 Å². The average Bonchev–Trinajstić information content (AvgIpc) is 1.67. The van der Waals surface area contributed by atoms with Crippen molar-refractivity contribution in [3.63, 3.8) is 0 Å². The molecular weight excluding hydrogens is 106 g/mol. The van der Waals surface area contributed by atoms with Crippen LogP contribution in [0.4, 0.5) is 0 Å². The van der Waals surface area contributed by atoms with E-state index in [4.69, 9.17) is 5.73 Å². The van der Waals surface area contributed by atoms with Gasteiger partial charge >= 0.3 is 5.97 Å². The maximum absolute atomic E-state index is 10.3. The number of nitrogens with one attached hydrogen (secondary N) is 1. The van der Waals surface area contributed by atoms with Gasteiger partial charge in [-0.3, -0.25) is 4.79 Å². The van der Waals surface area contributed by atoms with Gasteiger partial charge in [-0.2, -0.15) is 0 Å². The maximum Gasteiger partial charge on any atom is 0.324 e. The fourth-order valence-corrected chi connectivity index (χ4v) is 0.267. The molecule has 3 heteroatoms. The predicted octanol–water partition coefficient (Wildman–Crippen LogP) is 0.221. The third kappa shape index (κ3) is 2.58. The molecule has 0 aromatic rings. The second-order valence-corrected chi connectivity index (χ2v) is 1.47. The van der Waals surface area contributed by atoms with Crippen LogP contribution in [-0.4, -0.2) is 18.6 Å². The molecule has 0 aliphatic heterocycles. The van der Waals surface area contributed by atoms with Crippen molar-refractivity contribution in [1.29, 1.82) is 0 Å². The highest BCUT2D eigenvalue weighted by molar-refractivity contribution is 5.74. The standard InChI is InChI=1S/C5H10NO2/c1-3-8-5(7)4(2)6/h4,6H,3H2,1-2H3. The van der Waals surface area contributed by atoms with Crippen molar-refractivity contribution in [2.24, 2.45) is 0 Å². The zero-order chi connectivity index (χ0) is 6.57. The molecule has 1 unspecified atom stereocenters. The van der Waals surface area contributed by atoms with Crippen molar-refractivity contribution in [2.45, 2.75) is 19.9 Å². The molecule has 1 atom stereocenters. The number of ether oxygens (including phenoxy) is 1. The van der Waals surface area contributed by atoms with Crippen molar-refractivity contribution < 1.29 is 9.53 Å². The van der Waals surface area contributed by atoms with Crippen LogP contribution in [0.3, 0.4) is 0 Å². The Morgan fingerprint density at radius 2 is 2.38 bits per heavy atom. The van der Waals surface area contributed by atoms with Crippen LogP contribution < -0.4 is 5.73 Å². The van der Waals surface area contributed by atoms with Crippen LogP contribution in [0.15, 0.2) is 0 Å². The molecule has 0 rings (SSSR count). The van der Waals surface area contributed by atoms with Gasteiger partial charge in [0.2, 0.25) is 0 Å². The molecule has 0 heterocycles. The molecule has 47 valence electrons. The van der Waals surface area contributed by atoms with Gasteiger partial charge in [-0.15, -0.1) is 0 Å². The molecule has 0 bridgehead atoms. The van der Waals surface area contributed by atoms with Gasteiger partial charge in [0.1, 0.15) is 6.04 Å². The first-order valence-electron chi connectivity index (χ1n) is 2.56. The van der Waals surface area contributed by atoms with Gasteiger partial charge in [-0.1, -0.05) is 0 Å². The lowest BCUT2D eigenvalue weighted by Crippen LogP contribution is -2.20. The van der Waals surface area contributed by atoms with Crippen LogP contribution in [0.25, 0.3) is 0 Å². The average molecular weight is 116 g/mol. The van der Waals surface area contributed by atoms with Crippen molar-refractivity contribution in [3.8, 4) is 0 Å². The lowest BCUT2D eigenvalue weighted by atomic mass is 10.4. The number of rotatable bonds is 2. The molecular formula is C5H10NO2. The van der Waals surface area contributed by atoms with Crippen molar-refractivity contribution in [1.82, 2.24) is 5.73 Å². The Balaban J connectivity index is 3.33. The summed E-state index contributed by atoms with van der Waals surface area (Å²) in [5.41, 5.74) is 6.81. The van der Waals surface area contributed by atoms with Gasteiger partial charge < -0.3 is 4.74 Å². The van der Waals surface area contributed by atoms with Gasteiger partial charge in [0.25, 0.3) is 0 Å². The van der Waals surface area contributed by atoms with E-state index in [1.807, 2.05) is 0 Å². The van der Waals surface area contributed by atoms with E-state index in [-0.39, 0.29) is 0 Å². The van der Waals surface area contributed by atoms with E-state index in [1.165, 1.54) is 6.92 Å². The molecule has 0 aromatic carbocycles. The van der Waals surface area contributed by atoms with Crippen LogP contribution in [0, 0.1) is 0 Å². The number of carbonyl (C=O) groups is 1. The van der Waals surface area contributed by atoms with Gasteiger partial charge in [-0.05, 0) is 13.8 Å². The zero-order valence-electron chi connectivity index (χ0n) is 5.10. The summed E-state index contributed by atoms with van der Waals surface area (Å²) in [4.78, 5) is 10.3. The van der Waals surface area contributed by atoms with E-state index < -0.39 is 12.0 Å². The second kappa shape index (κ2) is 3.43. The summed E-state index contributed by atoms with van der Waals surface area (Å²) in [7, 11) is 0. The Morgan fingerprint density at radius 1 is 1.88 bits per heavy atom. The van der Waals surface area contributed by atoms with Crippen molar-refractivity contribution in [3.05, 3.63) is 0 Å². The van der Waals surface area contributed by atoms with Crippen LogP contribution in [-0.2, 0) is 9.53 Å². The Labute approximate surface area is 48.8 Å². The largest absolute Gasteiger partial charge is 0.465 e. The summed E-state index contributed by atoms with van der Waals surface area (Å²) in [6.45, 7) is 3.57. The molecule has 0 fully saturated rings. The van der Waals surface area contributed by atoms with Crippen molar-refractivity contribution in [2.75, 3.05) is 6.61 Å². The summed E-state index contributed by atoms with van der Waals surface area (Å²) in [6, 6.07) is -0.741. The minimum Gasteiger partial charge on any atom is -0.465 e. The molecule has 8 heavy (non-hydrogen) atoms. The third-order valence-corrected chi connectivity index (χ3v) is 0.640. The molecule has 1 N–H and O–H groups in total. The first kappa shape index (κ1) is 7.43. The number of hydrogen-bond donors (Lipinski definition) is 0. The molecule has 0 saturated heterocycles. The van der Waals surface area contributed by atoms with Crippen LogP contribution in [0.5, 0.6) is 0 Å². The van der Waals surface area contributed by atoms with Crippen LogP contribution >= 0.6 is 0 Å². The SMILES string of the molecule is CCOC(=O)C(C)[NH]. The lowest BCUT2D eigenvalue weighted by molar-refractivity contribution is -0.144. The summed E-state index contributed by atoms with van der Waals surface area (Å²) >= 11 is 0. The molecule has 0 aliphatic carbocycles. The molecule has 0 saturated carbocycles. The number of esters is 1. The van der Waals surface area contributed by atoms with Crippen LogP contribution in [0.2, 0.25) is 0 Å².